The maximum absolute atomic E-state index is 12.2. The SMILES string of the molecule is CC1(C)CCCN(C(=O)Nc2ccc(N)cc2)CC1. The maximum Gasteiger partial charge on any atom is 0.321 e. The monoisotopic (exact) mass is 261 g/mol. The molecular formula is C15H23N3O. The first-order chi connectivity index (χ1) is 8.96. The molecule has 2 rings (SSSR count). The lowest BCUT2D eigenvalue weighted by molar-refractivity contribution is 0.211. The molecule has 1 aliphatic heterocycles. The number of nitrogens with two attached hydrogens (primary N) is 1. The Labute approximate surface area is 115 Å². The van der Waals surface area contributed by atoms with Crippen molar-refractivity contribution >= 4 is 17.4 Å². The van der Waals surface area contributed by atoms with Gasteiger partial charge in [0.2, 0.25) is 0 Å². The predicted octanol–water partition coefficient (Wildman–Crippen LogP) is 3.31. The van der Waals surface area contributed by atoms with E-state index in [1.54, 1.807) is 12.1 Å². The van der Waals surface area contributed by atoms with Crippen LogP contribution in [0.15, 0.2) is 24.3 Å². The van der Waals surface area contributed by atoms with Crippen LogP contribution in [0.5, 0.6) is 0 Å². The Morgan fingerprint density at radius 2 is 1.89 bits per heavy atom. The summed E-state index contributed by atoms with van der Waals surface area (Å²) in [6.45, 7) is 6.21. The van der Waals surface area contributed by atoms with Gasteiger partial charge in [0.25, 0.3) is 0 Å². The summed E-state index contributed by atoms with van der Waals surface area (Å²) in [6.07, 6.45) is 3.31. The molecule has 0 radical (unpaired) electrons. The Balaban J connectivity index is 1.94. The first-order valence-corrected chi connectivity index (χ1v) is 6.88. The van der Waals surface area contributed by atoms with Gasteiger partial charge in [-0.3, -0.25) is 0 Å². The number of urea groups is 1. The molecule has 1 saturated heterocycles. The molecule has 0 saturated carbocycles. The standard InChI is InChI=1S/C15H23N3O/c1-15(2)8-3-10-18(11-9-15)14(19)17-13-6-4-12(16)5-7-13/h4-7H,3,8-11,16H2,1-2H3,(H,17,19). The molecule has 0 aromatic heterocycles. The van der Waals surface area contributed by atoms with Gasteiger partial charge in [-0.2, -0.15) is 0 Å². The molecule has 1 aromatic rings. The van der Waals surface area contributed by atoms with E-state index in [-0.39, 0.29) is 6.03 Å². The van der Waals surface area contributed by atoms with E-state index in [2.05, 4.69) is 19.2 Å². The van der Waals surface area contributed by atoms with Gasteiger partial charge in [0.15, 0.2) is 0 Å². The fourth-order valence-corrected chi connectivity index (χ4v) is 2.39. The Kier molecular flexibility index (Phi) is 3.98. The molecule has 0 unspecified atom stereocenters. The predicted molar refractivity (Wildman–Crippen MR) is 79.1 cm³/mol. The van der Waals surface area contributed by atoms with Gasteiger partial charge in [-0.05, 0) is 48.9 Å². The highest BCUT2D eigenvalue weighted by Crippen LogP contribution is 2.29. The average molecular weight is 261 g/mol. The van der Waals surface area contributed by atoms with Crippen LogP contribution in [0.2, 0.25) is 0 Å². The molecule has 4 nitrogen and oxygen atoms in total. The second-order valence-corrected chi connectivity index (χ2v) is 6.06. The van der Waals surface area contributed by atoms with Crippen LogP contribution < -0.4 is 11.1 Å². The number of hydrogen-bond acceptors (Lipinski definition) is 2. The molecule has 0 spiro atoms. The van der Waals surface area contributed by atoms with Crippen molar-refractivity contribution in [2.24, 2.45) is 5.41 Å². The number of amides is 2. The third-order valence-electron chi connectivity index (χ3n) is 3.79. The van der Waals surface area contributed by atoms with Gasteiger partial charge in [-0.15, -0.1) is 0 Å². The van der Waals surface area contributed by atoms with Crippen molar-refractivity contribution < 1.29 is 4.79 Å². The van der Waals surface area contributed by atoms with Crippen LogP contribution in [0.25, 0.3) is 0 Å². The number of carbonyl (C=O) groups excluding carboxylic acids is 1. The zero-order valence-corrected chi connectivity index (χ0v) is 11.8. The summed E-state index contributed by atoms with van der Waals surface area (Å²) in [5, 5.41) is 2.93. The number of anilines is 2. The summed E-state index contributed by atoms with van der Waals surface area (Å²) in [4.78, 5) is 14.1. The highest BCUT2D eigenvalue weighted by atomic mass is 16.2. The van der Waals surface area contributed by atoms with Crippen molar-refractivity contribution in [3.05, 3.63) is 24.3 Å². The van der Waals surface area contributed by atoms with Crippen molar-refractivity contribution in [3.63, 3.8) is 0 Å². The normalized spacial score (nSPS) is 18.7. The summed E-state index contributed by atoms with van der Waals surface area (Å²) in [5.74, 6) is 0. The lowest BCUT2D eigenvalue weighted by Gasteiger charge is -2.23. The van der Waals surface area contributed by atoms with Gasteiger partial charge in [0.05, 0.1) is 0 Å². The minimum atomic E-state index is -0.0116. The van der Waals surface area contributed by atoms with E-state index in [1.165, 1.54) is 6.42 Å². The lowest BCUT2D eigenvalue weighted by Crippen LogP contribution is -2.36. The molecule has 2 amide bonds. The molecular weight excluding hydrogens is 238 g/mol. The quantitative estimate of drug-likeness (QED) is 0.762. The Morgan fingerprint density at radius 1 is 1.21 bits per heavy atom. The highest BCUT2D eigenvalue weighted by molar-refractivity contribution is 5.89. The number of nitrogens with one attached hydrogen (secondary N) is 1. The van der Waals surface area contributed by atoms with E-state index in [0.29, 0.717) is 11.1 Å². The molecule has 1 heterocycles. The zero-order chi connectivity index (χ0) is 13.9. The summed E-state index contributed by atoms with van der Waals surface area (Å²) in [7, 11) is 0. The van der Waals surface area contributed by atoms with Gasteiger partial charge in [-0.1, -0.05) is 13.8 Å². The molecule has 3 N–H and O–H groups in total. The number of hydrogen-bond donors (Lipinski definition) is 2. The van der Waals surface area contributed by atoms with E-state index < -0.39 is 0 Å². The van der Waals surface area contributed by atoms with E-state index in [9.17, 15) is 4.79 Å². The number of carbonyl (C=O) groups is 1. The number of benzene rings is 1. The number of nitrogens with zero attached hydrogens (tertiary/aromatic N) is 1. The van der Waals surface area contributed by atoms with Crippen LogP contribution in [-0.4, -0.2) is 24.0 Å². The van der Waals surface area contributed by atoms with Gasteiger partial charge in [-0.25, -0.2) is 4.79 Å². The number of likely N-dealkylation sites (tertiary alicyclic amines) is 1. The van der Waals surface area contributed by atoms with Crippen LogP contribution in [0.1, 0.15) is 33.1 Å². The highest BCUT2D eigenvalue weighted by Gasteiger charge is 2.25. The van der Waals surface area contributed by atoms with Gasteiger partial charge in [0.1, 0.15) is 0 Å². The van der Waals surface area contributed by atoms with Crippen LogP contribution in [0, 0.1) is 5.41 Å². The first kappa shape index (κ1) is 13.7. The minimum absolute atomic E-state index is 0.0116. The molecule has 0 bridgehead atoms. The van der Waals surface area contributed by atoms with Gasteiger partial charge >= 0.3 is 6.03 Å². The second kappa shape index (κ2) is 5.51. The van der Waals surface area contributed by atoms with Crippen molar-refractivity contribution in [1.82, 2.24) is 4.90 Å². The van der Waals surface area contributed by atoms with E-state index in [1.807, 2.05) is 17.0 Å². The smallest absolute Gasteiger partial charge is 0.321 e. The molecule has 19 heavy (non-hydrogen) atoms. The molecule has 1 fully saturated rings. The first-order valence-electron chi connectivity index (χ1n) is 6.88. The fourth-order valence-electron chi connectivity index (χ4n) is 2.39. The van der Waals surface area contributed by atoms with E-state index in [0.717, 1.165) is 31.6 Å². The third-order valence-corrected chi connectivity index (χ3v) is 3.79. The summed E-state index contributed by atoms with van der Waals surface area (Å²) < 4.78 is 0. The maximum atomic E-state index is 12.2. The summed E-state index contributed by atoms with van der Waals surface area (Å²) in [6, 6.07) is 7.23. The fraction of sp³-hybridized carbons (Fsp3) is 0.533. The van der Waals surface area contributed by atoms with Gasteiger partial charge < -0.3 is 16.0 Å². The van der Waals surface area contributed by atoms with Crippen LogP contribution in [0.4, 0.5) is 16.2 Å². The average Bonchev–Trinajstić information content (AvgIpc) is 2.53. The molecule has 0 aliphatic carbocycles. The van der Waals surface area contributed by atoms with Crippen LogP contribution in [0.3, 0.4) is 0 Å². The van der Waals surface area contributed by atoms with Crippen LogP contribution >= 0.6 is 0 Å². The Hall–Kier alpha value is -1.71. The van der Waals surface area contributed by atoms with E-state index in [4.69, 9.17) is 5.73 Å². The van der Waals surface area contributed by atoms with E-state index >= 15 is 0 Å². The minimum Gasteiger partial charge on any atom is -0.399 e. The van der Waals surface area contributed by atoms with Crippen molar-refractivity contribution in [1.29, 1.82) is 0 Å². The Morgan fingerprint density at radius 3 is 2.58 bits per heavy atom. The topological polar surface area (TPSA) is 58.4 Å². The molecule has 4 heteroatoms. The van der Waals surface area contributed by atoms with Gasteiger partial charge in [0, 0.05) is 24.5 Å². The lowest BCUT2D eigenvalue weighted by atomic mass is 9.85. The van der Waals surface area contributed by atoms with Crippen molar-refractivity contribution in [2.45, 2.75) is 33.1 Å². The molecule has 1 aromatic carbocycles. The molecule has 1 aliphatic rings. The third kappa shape index (κ3) is 3.88. The molecule has 104 valence electrons. The number of nitrogen functional groups attached to an aromatic ring is 1. The van der Waals surface area contributed by atoms with Crippen molar-refractivity contribution in [3.8, 4) is 0 Å². The second-order valence-electron chi connectivity index (χ2n) is 6.06. The number of rotatable bonds is 1. The largest absolute Gasteiger partial charge is 0.399 e. The zero-order valence-electron chi connectivity index (χ0n) is 11.8. The summed E-state index contributed by atoms with van der Waals surface area (Å²) >= 11 is 0. The molecule has 0 atom stereocenters. The summed E-state index contributed by atoms with van der Waals surface area (Å²) in [5.41, 5.74) is 7.47. The van der Waals surface area contributed by atoms with Crippen LogP contribution in [-0.2, 0) is 0 Å². The van der Waals surface area contributed by atoms with Crippen molar-refractivity contribution in [2.75, 3.05) is 24.1 Å². The Bertz CT molecular complexity index is 439.